The molecule has 1 aromatic carbocycles. The number of hydrogen-bond donors (Lipinski definition) is 2. The van der Waals surface area contributed by atoms with Gasteiger partial charge in [-0.25, -0.2) is 4.39 Å². The van der Waals surface area contributed by atoms with Gasteiger partial charge in [0, 0.05) is 23.6 Å². The van der Waals surface area contributed by atoms with Crippen molar-refractivity contribution in [2.24, 2.45) is 5.73 Å². The monoisotopic (exact) mass is 315 g/mol. The van der Waals surface area contributed by atoms with Gasteiger partial charge in [0.2, 0.25) is 5.91 Å². The SMILES string of the molecule is N[C@@H]1CCN(CC(=O)Nc2ccc(Br)cc2F)C1. The Balaban J connectivity index is 1.91. The number of anilines is 1. The summed E-state index contributed by atoms with van der Waals surface area (Å²) in [6, 6.07) is 4.68. The third-order valence-corrected chi connectivity index (χ3v) is 3.37. The first-order valence-electron chi connectivity index (χ1n) is 5.77. The highest BCUT2D eigenvalue weighted by Gasteiger charge is 2.21. The first-order chi connectivity index (χ1) is 8.54. The Morgan fingerprint density at radius 1 is 1.61 bits per heavy atom. The minimum absolute atomic E-state index is 0.141. The lowest BCUT2D eigenvalue weighted by Gasteiger charge is -2.14. The summed E-state index contributed by atoms with van der Waals surface area (Å²) in [5, 5.41) is 2.56. The highest BCUT2D eigenvalue weighted by molar-refractivity contribution is 9.10. The standard InChI is InChI=1S/C12H15BrFN3O/c13-8-1-2-11(10(14)5-8)16-12(18)7-17-4-3-9(15)6-17/h1-2,5,9H,3-4,6-7,15H2,(H,16,18)/t9-/m1/s1. The molecule has 1 aliphatic rings. The van der Waals surface area contributed by atoms with Gasteiger partial charge in [-0.15, -0.1) is 0 Å². The lowest BCUT2D eigenvalue weighted by molar-refractivity contribution is -0.117. The van der Waals surface area contributed by atoms with Crippen molar-refractivity contribution in [3.05, 3.63) is 28.5 Å². The zero-order valence-corrected chi connectivity index (χ0v) is 11.4. The van der Waals surface area contributed by atoms with Crippen LogP contribution >= 0.6 is 15.9 Å². The van der Waals surface area contributed by atoms with Gasteiger partial charge in [-0.3, -0.25) is 9.69 Å². The smallest absolute Gasteiger partial charge is 0.238 e. The minimum Gasteiger partial charge on any atom is -0.326 e. The average molecular weight is 316 g/mol. The van der Waals surface area contributed by atoms with Crippen molar-refractivity contribution in [2.75, 3.05) is 25.0 Å². The highest BCUT2D eigenvalue weighted by Crippen LogP contribution is 2.19. The molecule has 0 spiro atoms. The van der Waals surface area contributed by atoms with Crippen molar-refractivity contribution in [3.63, 3.8) is 0 Å². The second kappa shape index (κ2) is 5.77. The van der Waals surface area contributed by atoms with Crippen LogP contribution in [0.3, 0.4) is 0 Å². The Morgan fingerprint density at radius 2 is 2.39 bits per heavy atom. The zero-order valence-electron chi connectivity index (χ0n) is 9.83. The van der Waals surface area contributed by atoms with Gasteiger partial charge < -0.3 is 11.1 Å². The van der Waals surface area contributed by atoms with Gasteiger partial charge in [0.05, 0.1) is 12.2 Å². The molecule has 18 heavy (non-hydrogen) atoms. The normalized spacial score (nSPS) is 20.1. The van der Waals surface area contributed by atoms with Gasteiger partial charge in [0.15, 0.2) is 0 Å². The number of hydrogen-bond acceptors (Lipinski definition) is 3. The molecule has 1 aliphatic heterocycles. The maximum atomic E-state index is 13.5. The fraction of sp³-hybridized carbons (Fsp3) is 0.417. The third-order valence-electron chi connectivity index (χ3n) is 2.88. The summed E-state index contributed by atoms with van der Waals surface area (Å²) < 4.78 is 14.2. The van der Waals surface area contributed by atoms with Crippen molar-refractivity contribution < 1.29 is 9.18 Å². The first kappa shape index (κ1) is 13.5. The molecule has 3 N–H and O–H groups in total. The Bertz CT molecular complexity index is 455. The molecule has 4 nitrogen and oxygen atoms in total. The van der Waals surface area contributed by atoms with E-state index < -0.39 is 5.82 Å². The second-order valence-corrected chi connectivity index (χ2v) is 5.37. The van der Waals surface area contributed by atoms with E-state index in [4.69, 9.17) is 5.73 Å². The summed E-state index contributed by atoms with van der Waals surface area (Å²) in [7, 11) is 0. The molecule has 0 aromatic heterocycles. The number of nitrogens with zero attached hydrogens (tertiary/aromatic N) is 1. The third kappa shape index (κ3) is 3.51. The molecule has 0 bridgehead atoms. The van der Waals surface area contributed by atoms with Crippen LogP contribution in [0.25, 0.3) is 0 Å². The van der Waals surface area contributed by atoms with Gasteiger partial charge in [-0.2, -0.15) is 0 Å². The van der Waals surface area contributed by atoms with E-state index >= 15 is 0 Å². The molecule has 0 saturated carbocycles. The summed E-state index contributed by atoms with van der Waals surface area (Å²) in [4.78, 5) is 13.7. The van der Waals surface area contributed by atoms with E-state index in [0.29, 0.717) is 4.47 Å². The van der Waals surface area contributed by atoms with Crippen LogP contribution < -0.4 is 11.1 Å². The molecule has 2 rings (SSSR count). The van der Waals surface area contributed by atoms with Gasteiger partial charge in [0.1, 0.15) is 5.82 Å². The first-order valence-corrected chi connectivity index (χ1v) is 6.57. The highest BCUT2D eigenvalue weighted by atomic mass is 79.9. The Labute approximate surface area is 113 Å². The molecule has 0 radical (unpaired) electrons. The summed E-state index contributed by atoms with van der Waals surface area (Å²) in [5.41, 5.74) is 5.96. The lowest BCUT2D eigenvalue weighted by atomic mass is 10.3. The van der Waals surface area contributed by atoms with E-state index in [2.05, 4.69) is 21.2 Å². The van der Waals surface area contributed by atoms with E-state index in [1.165, 1.54) is 12.1 Å². The Kier molecular flexibility index (Phi) is 4.31. The summed E-state index contributed by atoms with van der Waals surface area (Å²) in [6.07, 6.45) is 0.903. The Morgan fingerprint density at radius 3 is 3.00 bits per heavy atom. The number of likely N-dealkylation sites (tertiary alicyclic amines) is 1. The van der Waals surface area contributed by atoms with Gasteiger partial charge in [0.25, 0.3) is 0 Å². The van der Waals surface area contributed by atoms with E-state index in [9.17, 15) is 9.18 Å². The van der Waals surface area contributed by atoms with Gasteiger partial charge >= 0.3 is 0 Å². The van der Waals surface area contributed by atoms with Crippen LogP contribution in [0.1, 0.15) is 6.42 Å². The van der Waals surface area contributed by atoms with Crippen molar-refractivity contribution in [1.82, 2.24) is 4.90 Å². The minimum atomic E-state index is -0.448. The van der Waals surface area contributed by atoms with E-state index in [1.54, 1.807) is 6.07 Å². The van der Waals surface area contributed by atoms with Crippen LogP contribution in [0.15, 0.2) is 22.7 Å². The average Bonchev–Trinajstić information content (AvgIpc) is 2.68. The number of halogens is 2. The van der Waals surface area contributed by atoms with Crippen LogP contribution in [0, 0.1) is 5.82 Å². The van der Waals surface area contributed by atoms with E-state index in [1.807, 2.05) is 4.90 Å². The maximum absolute atomic E-state index is 13.5. The van der Waals surface area contributed by atoms with Crippen LogP contribution in [0.2, 0.25) is 0 Å². The van der Waals surface area contributed by atoms with E-state index in [0.717, 1.165) is 19.5 Å². The van der Waals surface area contributed by atoms with E-state index in [-0.39, 0.29) is 24.2 Å². The second-order valence-electron chi connectivity index (χ2n) is 4.46. The molecule has 1 fully saturated rings. The van der Waals surface area contributed by atoms with Crippen LogP contribution in [0.4, 0.5) is 10.1 Å². The van der Waals surface area contributed by atoms with Crippen molar-refractivity contribution in [3.8, 4) is 0 Å². The number of amides is 1. The number of carbonyl (C=O) groups is 1. The quantitative estimate of drug-likeness (QED) is 0.890. The molecular weight excluding hydrogens is 301 g/mol. The number of nitrogens with one attached hydrogen (secondary N) is 1. The van der Waals surface area contributed by atoms with Crippen molar-refractivity contribution in [2.45, 2.75) is 12.5 Å². The van der Waals surface area contributed by atoms with Crippen LogP contribution in [-0.2, 0) is 4.79 Å². The summed E-state index contributed by atoms with van der Waals surface area (Å²) in [5.74, 6) is -0.666. The molecule has 0 aliphatic carbocycles. The van der Waals surface area contributed by atoms with Crippen molar-refractivity contribution >= 4 is 27.5 Å². The molecule has 6 heteroatoms. The molecular formula is C12H15BrFN3O. The topological polar surface area (TPSA) is 58.4 Å². The lowest BCUT2D eigenvalue weighted by Crippen LogP contribution is -2.33. The fourth-order valence-electron chi connectivity index (χ4n) is 1.99. The van der Waals surface area contributed by atoms with Gasteiger partial charge in [-0.05, 0) is 24.6 Å². The summed E-state index contributed by atoms with van der Waals surface area (Å²) in [6.45, 7) is 1.79. The van der Waals surface area contributed by atoms with Crippen LogP contribution in [-0.4, -0.2) is 36.5 Å². The molecule has 1 saturated heterocycles. The largest absolute Gasteiger partial charge is 0.326 e. The molecule has 98 valence electrons. The molecule has 1 amide bonds. The molecule has 1 heterocycles. The molecule has 1 aromatic rings. The predicted octanol–water partition coefficient (Wildman–Crippen LogP) is 1.56. The number of nitrogens with two attached hydrogens (primary N) is 1. The number of carbonyl (C=O) groups excluding carboxylic acids is 1. The van der Waals surface area contributed by atoms with Crippen LogP contribution in [0.5, 0.6) is 0 Å². The Hall–Kier alpha value is -0.980. The fourth-order valence-corrected chi connectivity index (χ4v) is 2.32. The molecule has 1 atom stereocenters. The number of benzene rings is 1. The summed E-state index contributed by atoms with van der Waals surface area (Å²) >= 11 is 3.17. The number of rotatable bonds is 3. The zero-order chi connectivity index (χ0) is 13.1. The van der Waals surface area contributed by atoms with Gasteiger partial charge in [-0.1, -0.05) is 15.9 Å². The predicted molar refractivity (Wildman–Crippen MR) is 71.8 cm³/mol. The molecule has 0 unspecified atom stereocenters. The van der Waals surface area contributed by atoms with Crippen molar-refractivity contribution in [1.29, 1.82) is 0 Å². The maximum Gasteiger partial charge on any atom is 0.238 e.